The fourth-order valence-corrected chi connectivity index (χ4v) is 1.83. The molecule has 21 heavy (non-hydrogen) atoms. The molecule has 0 bridgehead atoms. The van der Waals surface area contributed by atoms with Gasteiger partial charge in [0.1, 0.15) is 11.4 Å². The summed E-state index contributed by atoms with van der Waals surface area (Å²) < 4.78 is 13.2. The Morgan fingerprint density at radius 2 is 2.00 bits per heavy atom. The minimum atomic E-state index is -1.40. The Morgan fingerprint density at radius 3 is 2.62 bits per heavy atom. The van der Waals surface area contributed by atoms with Crippen LogP contribution in [0.4, 0.5) is 21.5 Å². The third-order valence-corrected chi connectivity index (χ3v) is 2.90. The summed E-state index contributed by atoms with van der Waals surface area (Å²) in [6, 6.07) is 7.75. The molecule has 2 aromatic carbocycles. The number of rotatable bonds is 4. The average molecular weight is 290 g/mol. The smallest absolute Gasteiger partial charge is 0.342 e. The van der Waals surface area contributed by atoms with Gasteiger partial charge in [0.2, 0.25) is 0 Å². The zero-order valence-electron chi connectivity index (χ0n) is 11.0. The number of nitro groups is 1. The number of anilines is 2. The highest BCUT2D eigenvalue weighted by Crippen LogP contribution is 2.26. The van der Waals surface area contributed by atoms with Crippen molar-refractivity contribution in [2.75, 3.05) is 5.32 Å². The third kappa shape index (κ3) is 3.14. The molecule has 2 N–H and O–H groups in total. The molecular formula is C14H11FN2O4. The first kappa shape index (κ1) is 14.4. The van der Waals surface area contributed by atoms with Gasteiger partial charge in [-0.2, -0.15) is 0 Å². The Morgan fingerprint density at radius 1 is 1.29 bits per heavy atom. The first-order chi connectivity index (χ1) is 9.88. The second kappa shape index (κ2) is 5.58. The number of nitrogens with zero attached hydrogens (tertiary/aromatic N) is 1. The van der Waals surface area contributed by atoms with Crippen LogP contribution in [0, 0.1) is 22.9 Å². The van der Waals surface area contributed by atoms with Gasteiger partial charge >= 0.3 is 5.97 Å². The Bertz CT molecular complexity index is 731. The number of nitrogens with one attached hydrogen (secondary N) is 1. The Kier molecular flexibility index (Phi) is 3.84. The third-order valence-electron chi connectivity index (χ3n) is 2.90. The van der Waals surface area contributed by atoms with E-state index < -0.39 is 28.0 Å². The summed E-state index contributed by atoms with van der Waals surface area (Å²) in [6.45, 7) is 1.76. The highest BCUT2D eigenvalue weighted by molar-refractivity contribution is 5.93. The van der Waals surface area contributed by atoms with E-state index in [0.717, 1.165) is 17.7 Å². The van der Waals surface area contributed by atoms with Crippen LogP contribution in [0.25, 0.3) is 0 Å². The van der Waals surface area contributed by atoms with Gasteiger partial charge in [0.05, 0.1) is 4.92 Å². The van der Waals surface area contributed by atoms with Crippen molar-refractivity contribution >= 4 is 23.0 Å². The molecule has 0 saturated heterocycles. The second-order valence-electron chi connectivity index (χ2n) is 4.38. The minimum absolute atomic E-state index is 0.326. The number of aromatic carboxylic acids is 1. The number of benzene rings is 2. The molecule has 0 radical (unpaired) electrons. The molecule has 0 unspecified atom stereocenters. The molecule has 2 aromatic rings. The average Bonchev–Trinajstić information content (AvgIpc) is 2.42. The zero-order valence-corrected chi connectivity index (χ0v) is 11.0. The van der Waals surface area contributed by atoms with E-state index in [-0.39, 0.29) is 0 Å². The molecule has 108 valence electrons. The molecule has 2 rings (SSSR count). The molecule has 0 saturated carbocycles. The highest BCUT2D eigenvalue weighted by Gasteiger charge is 2.20. The van der Waals surface area contributed by atoms with E-state index in [4.69, 9.17) is 5.11 Å². The number of hydrogen-bond donors (Lipinski definition) is 2. The number of hydrogen-bond acceptors (Lipinski definition) is 4. The molecule has 0 spiro atoms. The van der Waals surface area contributed by atoms with Crippen molar-refractivity contribution in [1.82, 2.24) is 0 Å². The molecule has 0 heterocycles. The fourth-order valence-electron chi connectivity index (χ4n) is 1.83. The van der Waals surface area contributed by atoms with E-state index in [1.54, 1.807) is 13.0 Å². The summed E-state index contributed by atoms with van der Waals surface area (Å²) in [5.74, 6) is -1.84. The van der Waals surface area contributed by atoms with Gasteiger partial charge in [-0.25, -0.2) is 9.18 Å². The van der Waals surface area contributed by atoms with Gasteiger partial charge in [-0.3, -0.25) is 10.1 Å². The summed E-state index contributed by atoms with van der Waals surface area (Å²) in [4.78, 5) is 21.1. The number of carbonyl (C=O) groups is 1. The molecule has 7 heteroatoms. The van der Waals surface area contributed by atoms with Crippen LogP contribution in [0.3, 0.4) is 0 Å². The summed E-state index contributed by atoms with van der Waals surface area (Å²) in [6.07, 6.45) is 0. The molecule has 0 aromatic heterocycles. The molecule has 0 amide bonds. The Balaban J connectivity index is 2.41. The molecule has 0 atom stereocenters. The van der Waals surface area contributed by atoms with Gasteiger partial charge in [0.15, 0.2) is 0 Å². The molecule has 0 aliphatic heterocycles. The topological polar surface area (TPSA) is 92.5 Å². The van der Waals surface area contributed by atoms with Gasteiger partial charge in [0, 0.05) is 17.4 Å². The number of carboxylic acids is 1. The normalized spacial score (nSPS) is 10.2. The van der Waals surface area contributed by atoms with Crippen LogP contribution in [0.5, 0.6) is 0 Å². The van der Waals surface area contributed by atoms with Gasteiger partial charge in [-0.05, 0) is 36.8 Å². The fraction of sp³-hybridized carbons (Fsp3) is 0.0714. The maximum Gasteiger partial charge on any atom is 0.342 e. The van der Waals surface area contributed by atoms with Crippen LogP contribution in [-0.4, -0.2) is 16.0 Å². The number of nitro benzene ring substituents is 1. The predicted molar refractivity (Wildman–Crippen MR) is 74.5 cm³/mol. The summed E-state index contributed by atoms with van der Waals surface area (Å²) >= 11 is 0. The van der Waals surface area contributed by atoms with Crippen molar-refractivity contribution in [1.29, 1.82) is 0 Å². The van der Waals surface area contributed by atoms with E-state index in [1.165, 1.54) is 18.2 Å². The lowest BCUT2D eigenvalue weighted by molar-refractivity contribution is -0.385. The van der Waals surface area contributed by atoms with Crippen LogP contribution in [-0.2, 0) is 0 Å². The summed E-state index contributed by atoms with van der Waals surface area (Å²) in [7, 11) is 0. The zero-order chi connectivity index (χ0) is 15.6. The number of halogens is 1. The first-order valence-corrected chi connectivity index (χ1v) is 5.93. The minimum Gasteiger partial charge on any atom is -0.477 e. The molecule has 0 aliphatic carbocycles. The molecule has 6 nitrogen and oxygen atoms in total. The van der Waals surface area contributed by atoms with Crippen molar-refractivity contribution in [3.8, 4) is 0 Å². The maximum absolute atomic E-state index is 13.2. The summed E-state index contributed by atoms with van der Waals surface area (Å²) in [5, 5.41) is 22.6. The largest absolute Gasteiger partial charge is 0.477 e. The van der Waals surface area contributed by atoms with Gasteiger partial charge in [-0.15, -0.1) is 0 Å². The maximum atomic E-state index is 13.2. The molecular weight excluding hydrogens is 279 g/mol. The van der Waals surface area contributed by atoms with Crippen molar-refractivity contribution in [3.63, 3.8) is 0 Å². The predicted octanol–water partition coefficient (Wildman–Crippen LogP) is 3.48. The van der Waals surface area contributed by atoms with Crippen molar-refractivity contribution in [2.45, 2.75) is 6.92 Å². The van der Waals surface area contributed by atoms with Gasteiger partial charge in [0.25, 0.3) is 5.69 Å². The Hall–Kier alpha value is -2.96. The molecule has 0 aliphatic rings. The number of carboxylic acid groups (broad SMARTS) is 1. The standard InChI is InChI=1S/C14H11FN2O4/c1-8-2-3-9(15)6-12(8)16-10-4-5-13(17(20)21)11(7-10)14(18)19/h2-7,16H,1H3,(H,18,19). The van der Waals surface area contributed by atoms with Crippen LogP contribution >= 0.6 is 0 Å². The lowest BCUT2D eigenvalue weighted by Gasteiger charge is -2.10. The highest BCUT2D eigenvalue weighted by atomic mass is 19.1. The van der Waals surface area contributed by atoms with Crippen LogP contribution in [0.2, 0.25) is 0 Å². The summed E-state index contributed by atoms with van der Waals surface area (Å²) in [5.41, 5.74) is 0.613. The molecule has 0 fully saturated rings. The SMILES string of the molecule is Cc1ccc(F)cc1Nc1ccc([N+](=O)[O-])c(C(=O)O)c1. The first-order valence-electron chi connectivity index (χ1n) is 5.93. The van der Waals surface area contributed by atoms with Gasteiger partial charge in [-0.1, -0.05) is 6.07 Å². The Labute approximate surface area is 119 Å². The van der Waals surface area contributed by atoms with Crippen LogP contribution in [0.15, 0.2) is 36.4 Å². The van der Waals surface area contributed by atoms with Crippen molar-refractivity contribution in [3.05, 3.63) is 63.5 Å². The van der Waals surface area contributed by atoms with E-state index in [0.29, 0.717) is 11.4 Å². The van der Waals surface area contributed by atoms with Gasteiger partial charge < -0.3 is 10.4 Å². The van der Waals surface area contributed by atoms with Crippen molar-refractivity contribution < 1.29 is 19.2 Å². The van der Waals surface area contributed by atoms with E-state index in [1.807, 2.05) is 0 Å². The quantitative estimate of drug-likeness (QED) is 0.664. The lowest BCUT2D eigenvalue weighted by Crippen LogP contribution is -2.04. The van der Waals surface area contributed by atoms with E-state index in [9.17, 15) is 19.3 Å². The van der Waals surface area contributed by atoms with E-state index in [2.05, 4.69) is 5.32 Å². The van der Waals surface area contributed by atoms with Crippen molar-refractivity contribution in [2.24, 2.45) is 0 Å². The lowest BCUT2D eigenvalue weighted by atomic mass is 10.1. The van der Waals surface area contributed by atoms with E-state index >= 15 is 0 Å². The monoisotopic (exact) mass is 290 g/mol. The second-order valence-corrected chi connectivity index (χ2v) is 4.38. The van der Waals surface area contributed by atoms with Crippen LogP contribution < -0.4 is 5.32 Å². The van der Waals surface area contributed by atoms with Crippen LogP contribution in [0.1, 0.15) is 15.9 Å². The number of aryl methyl sites for hydroxylation is 1.